The van der Waals surface area contributed by atoms with Crippen LogP contribution in [0.25, 0.3) is 0 Å². The molecule has 0 aromatic carbocycles. The Labute approximate surface area is 110 Å². The summed E-state index contributed by atoms with van der Waals surface area (Å²) < 4.78 is 13.3. The molecule has 2 rings (SSSR count). The first kappa shape index (κ1) is 15.6. The van der Waals surface area contributed by atoms with Crippen LogP contribution < -0.4 is 10.6 Å². The minimum atomic E-state index is -0.455. The highest BCUT2D eigenvalue weighted by molar-refractivity contribution is 6.28. The predicted octanol–water partition coefficient (Wildman–Crippen LogP) is 1.65. The lowest BCUT2D eigenvalue weighted by Gasteiger charge is -2.16. The predicted molar refractivity (Wildman–Crippen MR) is 66.3 cm³/mol. The molecular weight excluding hydrogens is 277 g/mol. The van der Waals surface area contributed by atoms with E-state index in [1.165, 1.54) is 0 Å². The topological polar surface area (TPSA) is 55.0 Å². The summed E-state index contributed by atoms with van der Waals surface area (Å²) in [6, 6.07) is 0.0862. The van der Waals surface area contributed by atoms with Crippen LogP contribution in [0, 0.1) is 5.82 Å². The molecule has 1 aliphatic rings. The van der Waals surface area contributed by atoms with Gasteiger partial charge >= 0.3 is 0 Å². The Balaban J connectivity index is 0.00000112. The third-order valence-electron chi connectivity index (χ3n) is 2.22. The maximum atomic E-state index is 13.3. The summed E-state index contributed by atoms with van der Waals surface area (Å²) in [5.74, 6) is -0.207. The van der Waals surface area contributed by atoms with E-state index in [-0.39, 0.29) is 42.0 Å². The van der Waals surface area contributed by atoms with E-state index in [0.717, 1.165) is 12.6 Å². The molecule has 1 unspecified atom stereocenters. The number of rotatable bonds is 1. The highest BCUT2D eigenvalue weighted by Gasteiger charge is 2.23. The highest BCUT2D eigenvalue weighted by Crippen LogP contribution is 2.21. The zero-order valence-electron chi connectivity index (χ0n) is 8.27. The van der Waals surface area contributed by atoms with Gasteiger partial charge in [-0.2, -0.15) is 4.98 Å². The van der Waals surface area contributed by atoms with Gasteiger partial charge in [-0.1, -0.05) is 0 Å². The molecule has 0 bridgehead atoms. The summed E-state index contributed by atoms with van der Waals surface area (Å²) in [4.78, 5) is 9.18. The average molecular weight is 290 g/mol. The molecule has 0 aliphatic carbocycles. The lowest BCUT2D eigenvalue weighted by molar-refractivity contribution is 0.607. The van der Waals surface area contributed by atoms with E-state index in [9.17, 15) is 4.39 Å². The van der Waals surface area contributed by atoms with Crippen LogP contribution in [0.5, 0.6) is 0 Å². The number of halogens is 4. The van der Waals surface area contributed by atoms with Gasteiger partial charge in [0.15, 0.2) is 11.6 Å². The van der Waals surface area contributed by atoms with E-state index >= 15 is 0 Å². The lowest BCUT2D eigenvalue weighted by atomic mass is 10.3. The Bertz CT molecular complexity index is 352. The summed E-state index contributed by atoms with van der Waals surface area (Å²) in [5, 5.41) is 0.0573. The van der Waals surface area contributed by atoms with Gasteiger partial charge in [-0.05, 0) is 18.0 Å². The molecule has 8 heteroatoms. The maximum absolute atomic E-state index is 13.3. The normalized spacial score (nSPS) is 18.9. The summed E-state index contributed by atoms with van der Waals surface area (Å²) in [7, 11) is 0. The Kier molecular flexibility index (Phi) is 6.25. The van der Waals surface area contributed by atoms with Gasteiger partial charge in [-0.25, -0.2) is 9.37 Å². The Morgan fingerprint density at radius 3 is 2.75 bits per heavy atom. The van der Waals surface area contributed by atoms with Crippen LogP contribution in [-0.2, 0) is 0 Å². The van der Waals surface area contributed by atoms with Crippen molar-refractivity contribution in [3.8, 4) is 0 Å². The molecule has 1 aliphatic heterocycles. The number of nitrogens with two attached hydrogens (primary N) is 1. The SMILES string of the molecule is Cl.Cl.NC1CCN(c2nc(Cl)ncc2F)C1. The molecule has 1 saturated heterocycles. The molecule has 2 N–H and O–H groups in total. The van der Waals surface area contributed by atoms with Crippen LogP contribution in [0.3, 0.4) is 0 Å². The van der Waals surface area contributed by atoms with Crippen molar-refractivity contribution < 1.29 is 4.39 Å². The number of nitrogens with zero attached hydrogens (tertiary/aromatic N) is 3. The first-order valence-corrected chi connectivity index (χ1v) is 4.73. The largest absolute Gasteiger partial charge is 0.352 e. The third-order valence-corrected chi connectivity index (χ3v) is 2.40. The molecule has 1 atom stereocenters. The van der Waals surface area contributed by atoms with Gasteiger partial charge in [-0.3, -0.25) is 0 Å². The van der Waals surface area contributed by atoms with Crippen molar-refractivity contribution in [2.45, 2.75) is 12.5 Å². The van der Waals surface area contributed by atoms with Gasteiger partial charge in [0.2, 0.25) is 5.28 Å². The lowest BCUT2D eigenvalue weighted by Crippen LogP contribution is -2.27. The van der Waals surface area contributed by atoms with Crippen molar-refractivity contribution in [3.63, 3.8) is 0 Å². The summed E-state index contributed by atoms with van der Waals surface area (Å²) in [5.41, 5.74) is 5.71. The Hall–Kier alpha value is -0.360. The molecule has 1 aromatic rings. The van der Waals surface area contributed by atoms with Gasteiger partial charge in [0.05, 0.1) is 6.20 Å². The van der Waals surface area contributed by atoms with Crippen molar-refractivity contribution in [2.24, 2.45) is 5.73 Å². The van der Waals surface area contributed by atoms with Crippen molar-refractivity contribution in [1.82, 2.24) is 9.97 Å². The number of aromatic nitrogens is 2. The number of hydrogen-bond donors (Lipinski definition) is 1. The molecule has 2 heterocycles. The molecule has 16 heavy (non-hydrogen) atoms. The van der Waals surface area contributed by atoms with Crippen LogP contribution in [0.1, 0.15) is 6.42 Å². The van der Waals surface area contributed by atoms with E-state index in [2.05, 4.69) is 9.97 Å². The van der Waals surface area contributed by atoms with E-state index < -0.39 is 5.82 Å². The zero-order valence-corrected chi connectivity index (χ0v) is 10.7. The van der Waals surface area contributed by atoms with E-state index in [4.69, 9.17) is 17.3 Å². The van der Waals surface area contributed by atoms with Crippen molar-refractivity contribution in [3.05, 3.63) is 17.3 Å². The number of anilines is 1. The van der Waals surface area contributed by atoms with Crippen LogP contribution >= 0.6 is 36.4 Å². The van der Waals surface area contributed by atoms with E-state index in [0.29, 0.717) is 13.1 Å². The molecule has 0 spiro atoms. The molecule has 92 valence electrons. The maximum Gasteiger partial charge on any atom is 0.224 e. The summed E-state index contributed by atoms with van der Waals surface area (Å²) >= 11 is 5.58. The second kappa shape index (κ2) is 6.39. The van der Waals surface area contributed by atoms with Gasteiger partial charge < -0.3 is 10.6 Å². The van der Waals surface area contributed by atoms with E-state index in [1.54, 1.807) is 4.90 Å². The second-order valence-electron chi connectivity index (χ2n) is 3.31. The fraction of sp³-hybridized carbons (Fsp3) is 0.500. The highest BCUT2D eigenvalue weighted by atomic mass is 35.5. The zero-order chi connectivity index (χ0) is 10.1. The average Bonchev–Trinajstić information content (AvgIpc) is 2.56. The van der Waals surface area contributed by atoms with Crippen LogP contribution in [0.2, 0.25) is 5.28 Å². The molecular formula is C8H12Cl3FN4. The van der Waals surface area contributed by atoms with Crippen LogP contribution in [0.4, 0.5) is 10.2 Å². The van der Waals surface area contributed by atoms with Crippen LogP contribution in [0.15, 0.2) is 6.20 Å². The van der Waals surface area contributed by atoms with Crippen molar-refractivity contribution in [2.75, 3.05) is 18.0 Å². The standard InChI is InChI=1S/C8H10ClFN4.2ClH/c9-8-12-3-6(10)7(13-8)14-2-1-5(11)4-14;;/h3,5H,1-2,4,11H2;2*1H. The molecule has 0 amide bonds. The van der Waals surface area contributed by atoms with Crippen molar-refractivity contribution >= 4 is 42.2 Å². The number of hydrogen-bond acceptors (Lipinski definition) is 4. The van der Waals surface area contributed by atoms with Gasteiger partial charge in [0.25, 0.3) is 0 Å². The third kappa shape index (κ3) is 3.31. The first-order chi connectivity index (χ1) is 6.66. The Morgan fingerprint density at radius 1 is 1.50 bits per heavy atom. The van der Waals surface area contributed by atoms with Gasteiger partial charge in [0, 0.05) is 19.1 Å². The smallest absolute Gasteiger partial charge is 0.224 e. The van der Waals surface area contributed by atoms with Crippen LogP contribution in [-0.4, -0.2) is 29.1 Å². The van der Waals surface area contributed by atoms with Crippen molar-refractivity contribution in [1.29, 1.82) is 0 Å². The fourth-order valence-corrected chi connectivity index (χ4v) is 1.67. The summed E-state index contributed by atoms with van der Waals surface area (Å²) in [6.07, 6.45) is 1.93. The van der Waals surface area contributed by atoms with Gasteiger partial charge in [0.1, 0.15) is 0 Å². The van der Waals surface area contributed by atoms with Gasteiger partial charge in [-0.15, -0.1) is 24.8 Å². The summed E-state index contributed by atoms with van der Waals surface area (Å²) in [6.45, 7) is 1.33. The molecule has 4 nitrogen and oxygen atoms in total. The molecule has 1 aromatic heterocycles. The second-order valence-corrected chi connectivity index (χ2v) is 3.64. The molecule has 1 fully saturated rings. The molecule has 0 saturated carbocycles. The molecule has 0 radical (unpaired) electrons. The Morgan fingerprint density at radius 2 is 2.19 bits per heavy atom. The minimum absolute atomic E-state index is 0. The first-order valence-electron chi connectivity index (χ1n) is 4.35. The fourth-order valence-electron chi connectivity index (χ4n) is 1.54. The monoisotopic (exact) mass is 288 g/mol. The quantitative estimate of drug-likeness (QED) is 0.799. The van der Waals surface area contributed by atoms with E-state index in [1.807, 2.05) is 0 Å². The minimum Gasteiger partial charge on any atom is -0.352 e.